The van der Waals surface area contributed by atoms with Gasteiger partial charge in [-0.1, -0.05) is 67.5 Å². The summed E-state index contributed by atoms with van der Waals surface area (Å²) in [5, 5.41) is 5.65. The average molecular weight is 601 g/mol. The first-order valence-corrected chi connectivity index (χ1v) is 16.4. The second-order valence-corrected chi connectivity index (χ2v) is 12.3. The van der Waals surface area contributed by atoms with E-state index in [0.717, 1.165) is 13.0 Å². The Morgan fingerprint density at radius 2 is 1.70 bits per heavy atom. The van der Waals surface area contributed by atoms with Crippen LogP contribution in [0.1, 0.15) is 40.5 Å². The highest BCUT2D eigenvalue weighted by Crippen LogP contribution is 2.26. The molecule has 2 amide bonds. The van der Waals surface area contributed by atoms with Gasteiger partial charge in [0.1, 0.15) is 24.4 Å². The minimum Gasteiger partial charge on any atom is -0.490 e. The summed E-state index contributed by atoms with van der Waals surface area (Å²) in [5.74, 6) is 1.42. The van der Waals surface area contributed by atoms with Crippen LogP contribution >= 0.6 is 21.6 Å². The summed E-state index contributed by atoms with van der Waals surface area (Å²) in [6, 6.07) is 7.25. The Bertz CT molecular complexity index is 840. The molecular weight excluding hydrogens is 552 g/mol. The maximum atomic E-state index is 12.3. The number of allylic oxidation sites excluding steroid dienone is 1. The molecule has 0 aliphatic carbocycles. The summed E-state index contributed by atoms with van der Waals surface area (Å²) >= 11 is 0. The topological polar surface area (TPSA) is 104 Å². The number of carbonyl (C=O) groups is 2. The van der Waals surface area contributed by atoms with Crippen LogP contribution in [0.15, 0.2) is 36.4 Å². The van der Waals surface area contributed by atoms with Crippen LogP contribution in [0.4, 0.5) is 5.69 Å². The van der Waals surface area contributed by atoms with Gasteiger partial charge in [0.15, 0.2) is 0 Å². The second kappa shape index (κ2) is 23.9. The van der Waals surface area contributed by atoms with Crippen LogP contribution in [0.5, 0.6) is 5.75 Å². The zero-order valence-electron chi connectivity index (χ0n) is 24.6. The first-order chi connectivity index (χ1) is 19.3. The van der Waals surface area contributed by atoms with E-state index in [1.807, 2.05) is 36.6 Å². The van der Waals surface area contributed by atoms with E-state index in [4.69, 9.17) is 23.7 Å². The first kappa shape index (κ1) is 36.3. The van der Waals surface area contributed by atoms with Gasteiger partial charge < -0.3 is 34.3 Å². The van der Waals surface area contributed by atoms with Gasteiger partial charge in [-0.05, 0) is 36.6 Å². The SMILES string of the molecule is CSSC(COc1cccc(NC(=O)CCOCCOCCC(C)C)c1)OCCOCC(=O)NC/C=C/C(C)C. The van der Waals surface area contributed by atoms with Crippen LogP contribution in [0.3, 0.4) is 0 Å². The maximum Gasteiger partial charge on any atom is 0.246 e. The van der Waals surface area contributed by atoms with E-state index in [1.54, 1.807) is 27.7 Å². The number of carbonyl (C=O) groups excluding carboxylic acids is 2. The predicted octanol–water partition coefficient (Wildman–Crippen LogP) is 5.17. The van der Waals surface area contributed by atoms with Gasteiger partial charge in [-0.25, -0.2) is 0 Å². The van der Waals surface area contributed by atoms with E-state index in [2.05, 4.69) is 38.3 Å². The number of nitrogens with one attached hydrogen (secondary N) is 2. The summed E-state index contributed by atoms with van der Waals surface area (Å²) < 4.78 is 28.2. The Hall–Kier alpha value is -1.76. The quantitative estimate of drug-likeness (QED) is 0.0720. The number of hydrogen-bond acceptors (Lipinski definition) is 9. The van der Waals surface area contributed by atoms with Crippen molar-refractivity contribution in [1.82, 2.24) is 5.32 Å². The smallest absolute Gasteiger partial charge is 0.246 e. The van der Waals surface area contributed by atoms with Crippen molar-refractivity contribution in [3.8, 4) is 5.75 Å². The fraction of sp³-hybridized carbons (Fsp3) is 0.655. The van der Waals surface area contributed by atoms with E-state index in [0.29, 0.717) is 69.5 Å². The van der Waals surface area contributed by atoms with Crippen LogP contribution in [-0.4, -0.2) is 82.9 Å². The maximum absolute atomic E-state index is 12.3. The molecule has 0 saturated carbocycles. The minimum atomic E-state index is -0.224. The lowest BCUT2D eigenvalue weighted by Gasteiger charge is -2.17. The van der Waals surface area contributed by atoms with E-state index in [1.165, 1.54) is 0 Å². The molecule has 1 unspecified atom stereocenters. The van der Waals surface area contributed by atoms with Crippen molar-refractivity contribution in [2.75, 3.05) is 71.0 Å². The predicted molar refractivity (Wildman–Crippen MR) is 165 cm³/mol. The molecule has 0 aliphatic rings. The molecule has 11 heteroatoms. The van der Waals surface area contributed by atoms with Crippen molar-refractivity contribution in [2.24, 2.45) is 11.8 Å². The molecule has 0 aromatic heterocycles. The zero-order valence-corrected chi connectivity index (χ0v) is 26.3. The summed E-state index contributed by atoms with van der Waals surface area (Å²) in [7, 11) is 3.12. The molecule has 1 aromatic rings. The van der Waals surface area contributed by atoms with Crippen molar-refractivity contribution in [1.29, 1.82) is 0 Å². The molecule has 0 aliphatic heterocycles. The van der Waals surface area contributed by atoms with Crippen molar-refractivity contribution < 1.29 is 33.3 Å². The highest BCUT2D eigenvalue weighted by Gasteiger charge is 2.12. The lowest BCUT2D eigenvalue weighted by atomic mass is 10.1. The summed E-state index contributed by atoms with van der Waals surface area (Å²) in [6.45, 7) is 12.0. The minimum absolute atomic E-state index is 0.00674. The standard InChI is InChI=1S/C29H48N2O7S2/c1-23(2)8-7-13-30-28(33)21-36-18-19-37-29(40-39-5)22-38-26-10-6-9-25(20-26)31-27(32)12-15-35-17-16-34-14-11-24(3)4/h6-10,20,23-24,29H,11-19,21-22H2,1-5H3,(H,30,33)(H,31,32)/b8-7+. The van der Waals surface area contributed by atoms with Gasteiger partial charge in [0.25, 0.3) is 0 Å². The summed E-state index contributed by atoms with van der Waals surface area (Å²) in [4.78, 5) is 24.1. The van der Waals surface area contributed by atoms with Crippen molar-refractivity contribution in [2.45, 2.75) is 46.0 Å². The van der Waals surface area contributed by atoms with Crippen LogP contribution < -0.4 is 15.4 Å². The normalized spacial score (nSPS) is 12.3. The molecule has 40 heavy (non-hydrogen) atoms. The fourth-order valence-corrected chi connectivity index (χ4v) is 4.50. The molecule has 1 rings (SSSR count). The monoisotopic (exact) mass is 600 g/mol. The molecule has 0 saturated heterocycles. The van der Waals surface area contributed by atoms with Gasteiger partial charge in [-0.3, -0.25) is 9.59 Å². The lowest BCUT2D eigenvalue weighted by molar-refractivity contribution is -0.126. The third-order valence-electron chi connectivity index (χ3n) is 5.10. The van der Waals surface area contributed by atoms with Crippen LogP contribution in [-0.2, 0) is 28.5 Å². The zero-order chi connectivity index (χ0) is 29.4. The van der Waals surface area contributed by atoms with Crippen molar-refractivity contribution in [3.05, 3.63) is 36.4 Å². The molecule has 0 fully saturated rings. The lowest BCUT2D eigenvalue weighted by Crippen LogP contribution is -2.28. The fourth-order valence-electron chi connectivity index (χ4n) is 3.04. The largest absolute Gasteiger partial charge is 0.490 e. The van der Waals surface area contributed by atoms with Gasteiger partial charge in [0.2, 0.25) is 11.8 Å². The van der Waals surface area contributed by atoms with Crippen LogP contribution in [0.2, 0.25) is 0 Å². The van der Waals surface area contributed by atoms with E-state index in [9.17, 15) is 9.59 Å². The van der Waals surface area contributed by atoms with E-state index < -0.39 is 0 Å². The number of hydrogen-bond donors (Lipinski definition) is 2. The van der Waals surface area contributed by atoms with Crippen molar-refractivity contribution >= 4 is 39.1 Å². The third kappa shape index (κ3) is 21.0. The molecular formula is C29H48N2O7S2. The molecule has 9 nitrogen and oxygen atoms in total. The molecule has 2 N–H and O–H groups in total. The first-order valence-electron chi connectivity index (χ1n) is 13.8. The molecule has 0 spiro atoms. The highest BCUT2D eigenvalue weighted by atomic mass is 33.1. The molecule has 228 valence electrons. The van der Waals surface area contributed by atoms with Gasteiger partial charge in [-0.15, -0.1) is 0 Å². The van der Waals surface area contributed by atoms with Gasteiger partial charge in [0.05, 0.1) is 39.5 Å². The van der Waals surface area contributed by atoms with Crippen LogP contribution in [0, 0.1) is 11.8 Å². The Kier molecular flexibility index (Phi) is 21.7. The second-order valence-electron chi connectivity index (χ2n) is 9.64. The average Bonchev–Trinajstić information content (AvgIpc) is 2.91. The Morgan fingerprint density at radius 1 is 0.950 bits per heavy atom. The molecule has 0 bridgehead atoms. The number of rotatable bonds is 24. The van der Waals surface area contributed by atoms with E-state index in [-0.39, 0.29) is 30.3 Å². The molecule has 0 radical (unpaired) electrons. The Balaban J connectivity index is 2.25. The van der Waals surface area contributed by atoms with Crippen LogP contribution in [0.25, 0.3) is 0 Å². The van der Waals surface area contributed by atoms with Gasteiger partial charge in [-0.2, -0.15) is 0 Å². The molecule has 1 aromatic carbocycles. The highest BCUT2D eigenvalue weighted by molar-refractivity contribution is 8.76. The number of ether oxygens (including phenoxy) is 5. The number of anilines is 1. The Labute approximate surface area is 248 Å². The number of amides is 2. The summed E-state index contributed by atoms with van der Waals surface area (Å²) in [6.07, 6.45) is 7.23. The number of benzene rings is 1. The third-order valence-corrected chi connectivity index (χ3v) is 7.00. The van der Waals surface area contributed by atoms with E-state index >= 15 is 0 Å². The Morgan fingerprint density at radius 3 is 2.42 bits per heavy atom. The molecule has 1 atom stereocenters. The van der Waals surface area contributed by atoms with Crippen molar-refractivity contribution in [3.63, 3.8) is 0 Å². The van der Waals surface area contributed by atoms with Gasteiger partial charge in [0, 0.05) is 24.9 Å². The summed E-state index contributed by atoms with van der Waals surface area (Å²) in [5.41, 5.74) is 0.430. The van der Waals surface area contributed by atoms with Gasteiger partial charge >= 0.3 is 0 Å². The molecule has 0 heterocycles.